The first-order valence-electron chi connectivity index (χ1n) is 6.02. The molecule has 0 saturated heterocycles. The van der Waals surface area contributed by atoms with Gasteiger partial charge in [-0.05, 0) is 36.5 Å². The van der Waals surface area contributed by atoms with Crippen molar-refractivity contribution >= 4 is 15.9 Å². The van der Waals surface area contributed by atoms with Gasteiger partial charge in [-0.25, -0.2) is 0 Å². The first-order valence-corrected chi connectivity index (χ1v) is 6.81. The second kappa shape index (κ2) is 6.53. The van der Waals surface area contributed by atoms with Crippen LogP contribution in [0.1, 0.15) is 32.3 Å². The summed E-state index contributed by atoms with van der Waals surface area (Å²) in [5, 5.41) is 10.8. The maximum atomic E-state index is 10.8. The minimum absolute atomic E-state index is 0.168. The van der Waals surface area contributed by atoms with Gasteiger partial charge in [0.1, 0.15) is 0 Å². The molecule has 0 radical (unpaired) electrons. The Hall–Kier alpha value is -0.380. The molecule has 2 nitrogen and oxygen atoms in total. The van der Waals surface area contributed by atoms with Gasteiger partial charge in [-0.15, -0.1) is 0 Å². The van der Waals surface area contributed by atoms with Crippen molar-refractivity contribution in [1.29, 1.82) is 0 Å². The highest BCUT2D eigenvalue weighted by molar-refractivity contribution is 9.10. The molecule has 0 aliphatic carbocycles. The van der Waals surface area contributed by atoms with Gasteiger partial charge in [0.2, 0.25) is 0 Å². The van der Waals surface area contributed by atoms with Crippen LogP contribution in [0.3, 0.4) is 0 Å². The standard InChI is InChI=1S/C14H21BrO2/c1-4-14(16,11(2)8-9-17-3)12-6-5-7-13(15)10-12/h5-7,10-11,16H,4,8-9H2,1-3H3. The van der Waals surface area contributed by atoms with Gasteiger partial charge in [0.15, 0.2) is 0 Å². The van der Waals surface area contributed by atoms with Crippen LogP contribution in [0.5, 0.6) is 0 Å². The molecule has 0 amide bonds. The Kier molecular flexibility index (Phi) is 5.63. The average molecular weight is 301 g/mol. The predicted molar refractivity (Wildman–Crippen MR) is 74.0 cm³/mol. The fourth-order valence-electron chi connectivity index (χ4n) is 2.13. The molecule has 1 aromatic rings. The van der Waals surface area contributed by atoms with E-state index >= 15 is 0 Å². The van der Waals surface area contributed by atoms with Crippen molar-refractivity contribution in [3.8, 4) is 0 Å². The lowest BCUT2D eigenvalue weighted by molar-refractivity contribution is -0.0314. The summed E-state index contributed by atoms with van der Waals surface area (Å²) in [6, 6.07) is 7.91. The van der Waals surface area contributed by atoms with Crippen LogP contribution in [-0.4, -0.2) is 18.8 Å². The lowest BCUT2D eigenvalue weighted by atomic mass is 9.79. The Morgan fingerprint density at radius 3 is 2.71 bits per heavy atom. The molecule has 0 bridgehead atoms. The second-order valence-electron chi connectivity index (χ2n) is 4.47. The quantitative estimate of drug-likeness (QED) is 0.867. The highest BCUT2D eigenvalue weighted by Gasteiger charge is 2.33. The second-order valence-corrected chi connectivity index (χ2v) is 5.39. The molecule has 0 aromatic heterocycles. The van der Waals surface area contributed by atoms with Crippen LogP contribution in [0.2, 0.25) is 0 Å². The summed E-state index contributed by atoms with van der Waals surface area (Å²) in [6.45, 7) is 4.77. The van der Waals surface area contributed by atoms with Crippen molar-refractivity contribution in [2.24, 2.45) is 5.92 Å². The Morgan fingerprint density at radius 2 is 2.18 bits per heavy atom. The smallest absolute Gasteiger partial charge is 0.0920 e. The normalized spacial score (nSPS) is 16.5. The molecule has 2 atom stereocenters. The van der Waals surface area contributed by atoms with Crippen LogP contribution in [0.15, 0.2) is 28.7 Å². The third kappa shape index (κ3) is 3.54. The molecule has 2 unspecified atom stereocenters. The summed E-state index contributed by atoms with van der Waals surface area (Å²) < 4.78 is 6.09. The van der Waals surface area contributed by atoms with Crippen LogP contribution >= 0.6 is 15.9 Å². The van der Waals surface area contributed by atoms with Crippen molar-refractivity contribution in [3.63, 3.8) is 0 Å². The number of methoxy groups -OCH3 is 1. The van der Waals surface area contributed by atoms with E-state index in [-0.39, 0.29) is 5.92 Å². The number of aliphatic hydroxyl groups is 1. The summed E-state index contributed by atoms with van der Waals surface area (Å²) >= 11 is 3.45. The fourth-order valence-corrected chi connectivity index (χ4v) is 2.53. The predicted octanol–water partition coefficient (Wildman–Crippen LogP) is 3.72. The van der Waals surface area contributed by atoms with Crippen LogP contribution in [0.25, 0.3) is 0 Å². The molecular formula is C14H21BrO2. The Bertz CT molecular complexity index is 354. The van der Waals surface area contributed by atoms with E-state index in [0.29, 0.717) is 13.0 Å². The van der Waals surface area contributed by atoms with Gasteiger partial charge in [-0.2, -0.15) is 0 Å². The van der Waals surface area contributed by atoms with Crippen LogP contribution in [0, 0.1) is 5.92 Å². The van der Waals surface area contributed by atoms with E-state index in [4.69, 9.17) is 4.74 Å². The van der Waals surface area contributed by atoms with Crippen molar-refractivity contribution in [2.45, 2.75) is 32.3 Å². The van der Waals surface area contributed by atoms with E-state index in [1.54, 1.807) is 7.11 Å². The van der Waals surface area contributed by atoms with E-state index in [2.05, 4.69) is 22.9 Å². The van der Waals surface area contributed by atoms with E-state index in [1.165, 1.54) is 0 Å². The maximum absolute atomic E-state index is 10.8. The van der Waals surface area contributed by atoms with Gasteiger partial charge in [-0.3, -0.25) is 0 Å². The third-order valence-corrected chi connectivity index (χ3v) is 3.93. The molecule has 0 spiro atoms. The molecule has 0 saturated carbocycles. The average Bonchev–Trinajstić information content (AvgIpc) is 2.34. The van der Waals surface area contributed by atoms with Gasteiger partial charge in [0.25, 0.3) is 0 Å². The van der Waals surface area contributed by atoms with Crippen molar-refractivity contribution in [2.75, 3.05) is 13.7 Å². The van der Waals surface area contributed by atoms with Gasteiger partial charge in [0.05, 0.1) is 5.60 Å². The minimum atomic E-state index is -0.775. The summed E-state index contributed by atoms with van der Waals surface area (Å²) in [5.41, 5.74) is 0.195. The molecule has 0 aliphatic heterocycles. The lowest BCUT2D eigenvalue weighted by Crippen LogP contribution is -2.33. The molecule has 3 heteroatoms. The third-order valence-electron chi connectivity index (χ3n) is 3.43. The highest BCUT2D eigenvalue weighted by Crippen LogP contribution is 2.35. The molecule has 0 fully saturated rings. The molecular weight excluding hydrogens is 280 g/mol. The molecule has 1 aromatic carbocycles. The first kappa shape index (κ1) is 14.7. The molecule has 1 N–H and O–H groups in total. The van der Waals surface area contributed by atoms with Crippen molar-refractivity contribution < 1.29 is 9.84 Å². The SMILES string of the molecule is CCC(O)(c1cccc(Br)c1)C(C)CCOC. The molecule has 96 valence electrons. The molecule has 0 heterocycles. The van der Waals surface area contributed by atoms with Crippen LogP contribution in [-0.2, 0) is 10.3 Å². The minimum Gasteiger partial charge on any atom is -0.385 e. The van der Waals surface area contributed by atoms with Gasteiger partial charge >= 0.3 is 0 Å². The summed E-state index contributed by atoms with van der Waals surface area (Å²) in [4.78, 5) is 0. The van der Waals surface area contributed by atoms with Gasteiger partial charge < -0.3 is 9.84 Å². The largest absolute Gasteiger partial charge is 0.385 e. The zero-order valence-corrected chi connectivity index (χ0v) is 12.3. The Balaban J connectivity index is 2.94. The maximum Gasteiger partial charge on any atom is 0.0920 e. The van der Waals surface area contributed by atoms with E-state index in [9.17, 15) is 5.11 Å². The fraction of sp³-hybridized carbons (Fsp3) is 0.571. The number of hydrogen-bond donors (Lipinski definition) is 1. The van der Waals surface area contributed by atoms with Gasteiger partial charge in [-0.1, -0.05) is 41.9 Å². The Morgan fingerprint density at radius 1 is 1.47 bits per heavy atom. The summed E-state index contributed by atoms with van der Waals surface area (Å²) in [6.07, 6.45) is 1.56. The van der Waals surface area contributed by atoms with Crippen LogP contribution < -0.4 is 0 Å². The topological polar surface area (TPSA) is 29.5 Å². The number of hydrogen-bond acceptors (Lipinski definition) is 2. The van der Waals surface area contributed by atoms with E-state index in [1.807, 2.05) is 31.2 Å². The van der Waals surface area contributed by atoms with Crippen molar-refractivity contribution in [3.05, 3.63) is 34.3 Å². The number of rotatable bonds is 6. The van der Waals surface area contributed by atoms with Gasteiger partial charge in [0, 0.05) is 18.2 Å². The van der Waals surface area contributed by atoms with E-state index < -0.39 is 5.60 Å². The Labute approximate surface area is 112 Å². The lowest BCUT2D eigenvalue weighted by Gasteiger charge is -2.34. The number of benzene rings is 1. The molecule has 17 heavy (non-hydrogen) atoms. The molecule has 1 rings (SSSR count). The molecule has 0 aliphatic rings. The van der Waals surface area contributed by atoms with Crippen LogP contribution in [0.4, 0.5) is 0 Å². The van der Waals surface area contributed by atoms with E-state index in [0.717, 1.165) is 16.5 Å². The zero-order chi connectivity index (χ0) is 12.9. The summed E-state index contributed by atoms with van der Waals surface area (Å²) in [5.74, 6) is 0.168. The zero-order valence-electron chi connectivity index (χ0n) is 10.7. The van der Waals surface area contributed by atoms with Crippen molar-refractivity contribution in [1.82, 2.24) is 0 Å². The summed E-state index contributed by atoms with van der Waals surface area (Å²) in [7, 11) is 1.69. The first-order chi connectivity index (χ1) is 8.04. The number of halogens is 1. The monoisotopic (exact) mass is 300 g/mol. The highest BCUT2D eigenvalue weighted by atomic mass is 79.9. The number of ether oxygens (including phenoxy) is 1.